The predicted octanol–water partition coefficient (Wildman–Crippen LogP) is 4.01. The molecular weight excluding hydrogens is 299 g/mol. The van der Waals surface area contributed by atoms with E-state index in [1.807, 2.05) is 48.5 Å². The molecule has 4 aromatic rings. The summed E-state index contributed by atoms with van der Waals surface area (Å²) in [6.45, 7) is 0. The van der Waals surface area contributed by atoms with Crippen LogP contribution in [0.5, 0.6) is 5.75 Å². The van der Waals surface area contributed by atoms with Crippen molar-refractivity contribution in [1.82, 2.24) is 0 Å². The van der Waals surface area contributed by atoms with Gasteiger partial charge in [-0.1, -0.05) is 72.8 Å². The highest BCUT2D eigenvalue weighted by Gasteiger charge is 2.15. The fourth-order valence-corrected chi connectivity index (χ4v) is 3.18. The normalized spacial score (nSPS) is 10.9. The van der Waals surface area contributed by atoms with Gasteiger partial charge >= 0.3 is 7.32 Å². The van der Waals surface area contributed by atoms with Gasteiger partial charge in [0, 0.05) is 5.39 Å². The number of hydrogen-bond donors (Lipinski definition) is 2. The molecule has 0 saturated heterocycles. The van der Waals surface area contributed by atoms with Crippen LogP contribution in [0.3, 0.4) is 0 Å². The first-order valence-corrected chi connectivity index (χ1v) is 7.77. The van der Waals surface area contributed by atoms with Crippen molar-refractivity contribution >= 4 is 28.9 Å². The minimum Gasteiger partial charge on any atom is -0.512 e. The van der Waals surface area contributed by atoms with Gasteiger partial charge in [0.2, 0.25) is 0 Å². The molecule has 0 aliphatic rings. The molecule has 0 radical (unpaired) electrons. The maximum atomic E-state index is 9.13. The molecule has 2 N–H and O–H groups in total. The van der Waals surface area contributed by atoms with Crippen molar-refractivity contribution in [1.29, 1.82) is 0 Å². The van der Waals surface area contributed by atoms with Crippen molar-refractivity contribution < 1.29 is 14.7 Å². The number of fused-ring (bicyclic) bond motifs is 2. The molecule has 4 aromatic carbocycles. The smallest absolute Gasteiger partial charge is 0.512 e. The van der Waals surface area contributed by atoms with Crippen LogP contribution < -0.4 is 4.65 Å². The van der Waals surface area contributed by atoms with Gasteiger partial charge in [0.15, 0.2) is 0 Å². The maximum absolute atomic E-state index is 9.13. The largest absolute Gasteiger partial charge is 0.707 e. The first-order chi connectivity index (χ1) is 11.7. The summed E-state index contributed by atoms with van der Waals surface area (Å²) in [7, 11) is -1.84. The van der Waals surface area contributed by atoms with E-state index in [9.17, 15) is 0 Å². The fourth-order valence-electron chi connectivity index (χ4n) is 3.18. The summed E-state index contributed by atoms with van der Waals surface area (Å²) in [6, 6.07) is 26.1. The van der Waals surface area contributed by atoms with Gasteiger partial charge in [-0.05, 0) is 33.4 Å². The Balaban J connectivity index is 2.01. The van der Waals surface area contributed by atoms with Crippen LogP contribution in [-0.2, 0) is 0 Å². The van der Waals surface area contributed by atoms with Crippen molar-refractivity contribution in [3.63, 3.8) is 0 Å². The zero-order valence-corrected chi connectivity index (χ0v) is 12.9. The number of hydrogen-bond acceptors (Lipinski definition) is 3. The van der Waals surface area contributed by atoms with Gasteiger partial charge in [-0.2, -0.15) is 0 Å². The lowest BCUT2D eigenvalue weighted by atomic mass is 9.93. The summed E-state index contributed by atoms with van der Waals surface area (Å²) in [4.78, 5) is 0. The molecule has 0 aliphatic carbocycles. The Morgan fingerprint density at radius 2 is 1.21 bits per heavy atom. The molecule has 0 aliphatic heterocycles. The molecule has 4 rings (SSSR count). The zero-order valence-electron chi connectivity index (χ0n) is 12.9. The lowest BCUT2D eigenvalue weighted by molar-refractivity contribution is 0.289. The van der Waals surface area contributed by atoms with Gasteiger partial charge in [-0.3, -0.25) is 0 Å². The molecule has 0 amide bonds. The van der Waals surface area contributed by atoms with E-state index in [2.05, 4.69) is 24.3 Å². The molecule has 0 unspecified atom stereocenters. The lowest BCUT2D eigenvalue weighted by Gasteiger charge is -2.14. The Kier molecular flexibility index (Phi) is 3.69. The average Bonchev–Trinajstić information content (AvgIpc) is 2.61. The topological polar surface area (TPSA) is 49.7 Å². The maximum Gasteiger partial charge on any atom is 0.707 e. The molecule has 0 aromatic heterocycles. The summed E-state index contributed by atoms with van der Waals surface area (Å²) in [5.74, 6) is 0.449. The minimum atomic E-state index is -1.84. The Bertz CT molecular complexity index is 1020. The summed E-state index contributed by atoms with van der Waals surface area (Å²) < 4.78 is 5.12. The van der Waals surface area contributed by atoms with E-state index in [0.29, 0.717) is 5.75 Å². The van der Waals surface area contributed by atoms with Gasteiger partial charge in [0.25, 0.3) is 0 Å². The van der Waals surface area contributed by atoms with Crippen molar-refractivity contribution in [2.75, 3.05) is 0 Å². The second-order valence-electron chi connectivity index (χ2n) is 5.63. The van der Waals surface area contributed by atoms with Crippen LogP contribution in [0.4, 0.5) is 0 Å². The molecule has 0 heterocycles. The first kappa shape index (κ1) is 14.8. The molecule has 0 saturated carbocycles. The van der Waals surface area contributed by atoms with Crippen LogP contribution in [-0.4, -0.2) is 17.4 Å². The number of rotatable bonds is 3. The standard InChI is InChI=1S/C20H15BO3/c22-21(23)24-20-13-12-18(17-9-3-4-10-19(17)20)16-11-5-7-14-6-1-2-8-15(14)16/h1-13,22-23H. The van der Waals surface area contributed by atoms with E-state index in [1.165, 1.54) is 10.8 Å². The average molecular weight is 314 g/mol. The summed E-state index contributed by atoms with van der Waals surface area (Å²) in [5.41, 5.74) is 2.22. The van der Waals surface area contributed by atoms with Crippen molar-refractivity contribution in [3.8, 4) is 16.9 Å². The minimum absolute atomic E-state index is 0.449. The molecule has 0 spiro atoms. The van der Waals surface area contributed by atoms with Gasteiger partial charge in [0.1, 0.15) is 5.75 Å². The van der Waals surface area contributed by atoms with Crippen LogP contribution in [0.2, 0.25) is 0 Å². The summed E-state index contributed by atoms with van der Waals surface area (Å²) >= 11 is 0. The lowest BCUT2D eigenvalue weighted by Crippen LogP contribution is -2.20. The summed E-state index contributed by atoms with van der Waals surface area (Å²) in [6.07, 6.45) is 0. The molecule has 0 bridgehead atoms. The quantitative estimate of drug-likeness (QED) is 0.562. The van der Waals surface area contributed by atoms with E-state index >= 15 is 0 Å². The highest BCUT2D eigenvalue weighted by molar-refractivity contribution is 6.34. The van der Waals surface area contributed by atoms with Gasteiger partial charge in [-0.15, -0.1) is 0 Å². The van der Waals surface area contributed by atoms with Gasteiger partial charge in [0.05, 0.1) is 0 Å². The third-order valence-electron chi connectivity index (χ3n) is 4.20. The van der Waals surface area contributed by atoms with Crippen LogP contribution in [0.1, 0.15) is 0 Å². The van der Waals surface area contributed by atoms with Crippen LogP contribution in [0, 0.1) is 0 Å². The van der Waals surface area contributed by atoms with Gasteiger partial charge in [-0.25, -0.2) is 0 Å². The highest BCUT2D eigenvalue weighted by Crippen LogP contribution is 2.37. The van der Waals surface area contributed by atoms with E-state index in [4.69, 9.17) is 14.7 Å². The molecule has 3 nitrogen and oxygen atoms in total. The first-order valence-electron chi connectivity index (χ1n) is 7.77. The van der Waals surface area contributed by atoms with E-state index in [-0.39, 0.29) is 0 Å². The van der Waals surface area contributed by atoms with E-state index in [1.54, 1.807) is 6.07 Å². The molecular formula is C20H15BO3. The van der Waals surface area contributed by atoms with Crippen LogP contribution >= 0.6 is 0 Å². The van der Waals surface area contributed by atoms with Crippen molar-refractivity contribution in [2.45, 2.75) is 0 Å². The Hall–Kier alpha value is -2.82. The Morgan fingerprint density at radius 1 is 0.583 bits per heavy atom. The van der Waals surface area contributed by atoms with E-state index in [0.717, 1.165) is 21.9 Å². The predicted molar refractivity (Wildman–Crippen MR) is 97.7 cm³/mol. The molecule has 116 valence electrons. The molecule has 24 heavy (non-hydrogen) atoms. The van der Waals surface area contributed by atoms with Crippen molar-refractivity contribution in [3.05, 3.63) is 78.9 Å². The third-order valence-corrected chi connectivity index (χ3v) is 4.20. The second-order valence-corrected chi connectivity index (χ2v) is 5.63. The van der Waals surface area contributed by atoms with Crippen LogP contribution in [0.15, 0.2) is 78.9 Å². The highest BCUT2D eigenvalue weighted by atomic mass is 16.6. The monoisotopic (exact) mass is 314 g/mol. The fraction of sp³-hybridized carbons (Fsp3) is 0. The van der Waals surface area contributed by atoms with Crippen molar-refractivity contribution in [2.24, 2.45) is 0 Å². The SMILES string of the molecule is OB(O)Oc1ccc(-c2cccc3ccccc23)c2ccccc12. The third kappa shape index (κ3) is 2.52. The van der Waals surface area contributed by atoms with Gasteiger partial charge < -0.3 is 14.7 Å². The number of benzene rings is 4. The molecule has 0 atom stereocenters. The second kappa shape index (κ2) is 6.00. The Morgan fingerprint density at radius 3 is 2.00 bits per heavy atom. The van der Waals surface area contributed by atoms with E-state index < -0.39 is 7.32 Å². The Labute approximate surface area is 139 Å². The van der Waals surface area contributed by atoms with Crippen LogP contribution in [0.25, 0.3) is 32.7 Å². The summed E-state index contributed by atoms with van der Waals surface area (Å²) in [5, 5.41) is 22.5. The molecule has 4 heteroatoms. The zero-order chi connectivity index (χ0) is 16.5. The molecule has 0 fully saturated rings.